The van der Waals surface area contributed by atoms with Gasteiger partial charge in [0.15, 0.2) is 0 Å². The summed E-state index contributed by atoms with van der Waals surface area (Å²) in [6, 6.07) is 0. The number of carbonyl (C=O) groups is 1. The summed E-state index contributed by atoms with van der Waals surface area (Å²) < 4.78 is 45.3. The Kier molecular flexibility index (Phi) is 10.2. The molecule has 0 aromatic heterocycles. The molecule has 8 nitrogen and oxygen atoms in total. The maximum Gasteiger partial charge on any atom is 0.572 e. The van der Waals surface area contributed by atoms with Crippen LogP contribution in [0.25, 0.3) is 0 Å². The molecule has 0 heterocycles. The summed E-state index contributed by atoms with van der Waals surface area (Å²) in [5.74, 6) is -1.53. The number of carbonyl (C=O) groups excluding carboxylic acids is 1. The minimum absolute atomic E-state index is 0.186. The number of nitrogens with one attached hydrogen (secondary N) is 3. The zero-order chi connectivity index (χ0) is 19.5. The van der Waals surface area contributed by atoms with E-state index in [4.69, 9.17) is 0 Å². The highest BCUT2D eigenvalue weighted by Crippen LogP contribution is 2.23. The third-order valence-corrected chi connectivity index (χ3v) is 2.53. The van der Waals surface area contributed by atoms with Crippen LogP contribution in [-0.4, -0.2) is 50.3 Å². The number of hydrogen-bond donors (Lipinski definition) is 4. The van der Waals surface area contributed by atoms with Crippen molar-refractivity contribution in [3.05, 3.63) is 36.1 Å². The standard InChI is InChI=1S/C14H21F3N4O4/c1-5-6-7-10(9(2)25-14(15,16)17)12(22)20-8-19-11(21-18-3)13(23)24-4/h5-7,12,18,20,22H,1,8H2,2-4H3,(H,19,21)/b7-6-,10-9-. The molecule has 0 rings (SSSR count). The minimum Gasteiger partial charge on any atom is -0.463 e. The molecule has 0 aliphatic heterocycles. The molecule has 0 aromatic carbocycles. The van der Waals surface area contributed by atoms with E-state index in [2.05, 4.69) is 37.2 Å². The van der Waals surface area contributed by atoms with Crippen molar-refractivity contribution >= 4 is 11.8 Å². The fraction of sp³-hybridized carbons (Fsp3) is 0.429. The second kappa shape index (κ2) is 11.2. The van der Waals surface area contributed by atoms with Crippen molar-refractivity contribution < 1.29 is 32.5 Å². The number of halogens is 3. The summed E-state index contributed by atoms with van der Waals surface area (Å²) in [7, 11) is 2.63. The Hall–Kier alpha value is -2.37. The molecule has 0 aromatic rings. The largest absolute Gasteiger partial charge is 0.572 e. The fourth-order valence-electron chi connectivity index (χ4n) is 1.50. The van der Waals surface area contributed by atoms with Gasteiger partial charge in [-0.2, -0.15) is 0 Å². The smallest absolute Gasteiger partial charge is 0.463 e. The molecule has 0 saturated carbocycles. The van der Waals surface area contributed by atoms with E-state index in [1.807, 2.05) is 0 Å². The highest BCUT2D eigenvalue weighted by atomic mass is 19.4. The van der Waals surface area contributed by atoms with E-state index in [1.54, 1.807) is 0 Å². The molecule has 0 aliphatic carbocycles. The summed E-state index contributed by atoms with van der Waals surface area (Å²) >= 11 is 0. The van der Waals surface area contributed by atoms with Gasteiger partial charge in [0.2, 0.25) is 5.84 Å². The number of aliphatic hydroxyl groups is 1. The molecule has 1 unspecified atom stereocenters. The Balaban J connectivity index is 5.18. The molecular weight excluding hydrogens is 345 g/mol. The van der Waals surface area contributed by atoms with Crippen LogP contribution in [0.15, 0.2) is 41.1 Å². The van der Waals surface area contributed by atoms with Gasteiger partial charge >= 0.3 is 12.3 Å². The molecule has 0 spiro atoms. The van der Waals surface area contributed by atoms with Crippen LogP contribution in [0.4, 0.5) is 13.2 Å². The maximum absolute atomic E-state index is 12.3. The number of amidine groups is 1. The molecule has 0 bridgehead atoms. The number of hydrogen-bond acceptors (Lipinski definition) is 7. The molecule has 1 atom stereocenters. The lowest BCUT2D eigenvalue weighted by Crippen LogP contribution is -2.41. The summed E-state index contributed by atoms with van der Waals surface area (Å²) in [6.07, 6.45) is -2.60. The van der Waals surface area contributed by atoms with Crippen LogP contribution in [0.5, 0.6) is 0 Å². The Morgan fingerprint density at radius 3 is 2.56 bits per heavy atom. The van der Waals surface area contributed by atoms with Gasteiger partial charge in [0, 0.05) is 12.6 Å². The van der Waals surface area contributed by atoms with Crippen molar-refractivity contribution in [2.75, 3.05) is 20.8 Å². The Bertz CT molecular complexity index is 545. The zero-order valence-corrected chi connectivity index (χ0v) is 14.0. The van der Waals surface area contributed by atoms with Crippen molar-refractivity contribution in [2.24, 2.45) is 4.99 Å². The van der Waals surface area contributed by atoms with Crippen LogP contribution in [0, 0.1) is 0 Å². The normalized spacial score (nSPS) is 14.8. The van der Waals surface area contributed by atoms with Gasteiger partial charge in [-0.05, 0) is 6.92 Å². The molecule has 0 aliphatic rings. The highest BCUT2D eigenvalue weighted by Gasteiger charge is 2.32. The van der Waals surface area contributed by atoms with Crippen LogP contribution in [0.1, 0.15) is 6.92 Å². The number of aliphatic hydroxyl groups excluding tert-OH is 1. The molecule has 0 radical (unpaired) electrons. The second-order valence-electron chi connectivity index (χ2n) is 4.29. The first-order valence-electron chi connectivity index (χ1n) is 6.88. The van der Waals surface area contributed by atoms with E-state index in [-0.39, 0.29) is 18.1 Å². The van der Waals surface area contributed by atoms with Crippen molar-refractivity contribution in [3.63, 3.8) is 0 Å². The van der Waals surface area contributed by atoms with E-state index in [1.165, 1.54) is 25.3 Å². The number of allylic oxidation sites excluding steroid dienone is 3. The third kappa shape index (κ3) is 9.49. The van der Waals surface area contributed by atoms with E-state index < -0.39 is 24.3 Å². The maximum atomic E-state index is 12.3. The van der Waals surface area contributed by atoms with Gasteiger partial charge in [-0.3, -0.25) is 5.32 Å². The third-order valence-electron chi connectivity index (χ3n) is 2.53. The number of aliphatic imine (C=N–C) groups is 1. The molecule has 0 amide bonds. The van der Waals surface area contributed by atoms with Gasteiger partial charge < -0.3 is 20.0 Å². The molecule has 25 heavy (non-hydrogen) atoms. The molecule has 0 fully saturated rings. The van der Waals surface area contributed by atoms with E-state index >= 15 is 0 Å². The predicted molar refractivity (Wildman–Crippen MR) is 84.8 cm³/mol. The van der Waals surface area contributed by atoms with Crippen molar-refractivity contribution in [1.82, 2.24) is 16.2 Å². The first-order valence-corrected chi connectivity index (χ1v) is 6.88. The fourth-order valence-corrected chi connectivity index (χ4v) is 1.50. The lowest BCUT2D eigenvalue weighted by atomic mass is 10.2. The summed E-state index contributed by atoms with van der Waals surface area (Å²) in [5.41, 5.74) is 4.70. The predicted octanol–water partition coefficient (Wildman–Crippen LogP) is 0.700. The Morgan fingerprint density at radius 1 is 1.44 bits per heavy atom. The summed E-state index contributed by atoms with van der Waals surface area (Å²) in [6.45, 7) is 4.15. The lowest BCUT2D eigenvalue weighted by Gasteiger charge is -2.17. The number of nitrogens with zero attached hydrogens (tertiary/aromatic N) is 1. The number of ether oxygens (including phenoxy) is 2. The molecule has 4 N–H and O–H groups in total. The average Bonchev–Trinajstić information content (AvgIpc) is 2.52. The second-order valence-corrected chi connectivity index (χ2v) is 4.29. The number of esters is 1. The number of rotatable bonds is 8. The van der Waals surface area contributed by atoms with Gasteiger partial charge in [-0.25, -0.2) is 15.2 Å². The molecule has 142 valence electrons. The number of methoxy groups -OCH3 is 1. The molecule has 11 heteroatoms. The highest BCUT2D eigenvalue weighted by molar-refractivity contribution is 6.35. The van der Waals surface area contributed by atoms with Crippen LogP contribution in [0.2, 0.25) is 0 Å². The van der Waals surface area contributed by atoms with Crippen LogP contribution in [-0.2, 0) is 14.3 Å². The van der Waals surface area contributed by atoms with Crippen LogP contribution >= 0.6 is 0 Å². The summed E-state index contributed by atoms with van der Waals surface area (Å²) in [5, 5.41) is 12.4. The van der Waals surface area contributed by atoms with Gasteiger partial charge in [-0.15, -0.1) is 13.2 Å². The van der Waals surface area contributed by atoms with Crippen molar-refractivity contribution in [2.45, 2.75) is 19.5 Å². The van der Waals surface area contributed by atoms with Gasteiger partial charge in [0.05, 0.1) is 13.8 Å². The first-order chi connectivity index (χ1) is 11.7. The first kappa shape index (κ1) is 22.6. The lowest BCUT2D eigenvalue weighted by molar-refractivity contribution is -0.305. The van der Waals surface area contributed by atoms with Crippen LogP contribution < -0.4 is 16.2 Å². The number of hydrazine groups is 1. The van der Waals surface area contributed by atoms with E-state index in [0.29, 0.717) is 0 Å². The van der Waals surface area contributed by atoms with Gasteiger partial charge in [-0.1, -0.05) is 24.8 Å². The quantitative estimate of drug-likeness (QED) is 0.0953. The Morgan fingerprint density at radius 2 is 2.08 bits per heavy atom. The van der Waals surface area contributed by atoms with Crippen molar-refractivity contribution in [3.8, 4) is 0 Å². The monoisotopic (exact) mass is 366 g/mol. The SMILES string of the molecule is C=C/C=C\C(=C(/C)OC(F)(F)F)C(O)NC/N=C(\NNC)C(=O)OC. The molecular formula is C14H21F3N4O4. The van der Waals surface area contributed by atoms with Gasteiger partial charge in [0.25, 0.3) is 0 Å². The van der Waals surface area contributed by atoms with Gasteiger partial charge in [0.1, 0.15) is 12.0 Å². The average molecular weight is 366 g/mol. The van der Waals surface area contributed by atoms with Crippen LogP contribution in [0.3, 0.4) is 0 Å². The van der Waals surface area contributed by atoms with E-state index in [0.717, 1.165) is 14.0 Å². The number of alkyl halides is 3. The minimum atomic E-state index is -4.90. The van der Waals surface area contributed by atoms with E-state index in [9.17, 15) is 23.1 Å². The zero-order valence-electron chi connectivity index (χ0n) is 14.0. The van der Waals surface area contributed by atoms with Crippen molar-refractivity contribution in [1.29, 1.82) is 0 Å². The Labute approximate surface area is 143 Å². The summed E-state index contributed by atoms with van der Waals surface area (Å²) in [4.78, 5) is 15.2. The topological polar surface area (TPSA) is 104 Å². The molecule has 0 saturated heterocycles.